The summed E-state index contributed by atoms with van der Waals surface area (Å²) in [5, 5.41) is 3.88. The van der Waals surface area contributed by atoms with Crippen LogP contribution in [-0.2, 0) is 11.3 Å². The number of hydrogen-bond donors (Lipinski definition) is 0. The normalized spacial score (nSPS) is 12.5. The molecule has 0 bridgehead atoms. The number of likely N-dealkylation sites (N-methyl/N-ethyl adjacent to an activating group) is 1. The van der Waals surface area contributed by atoms with Crippen LogP contribution in [0.4, 0.5) is 0 Å². The van der Waals surface area contributed by atoms with E-state index < -0.39 is 0 Å². The third-order valence-corrected chi connectivity index (χ3v) is 3.69. The molecule has 1 aromatic carbocycles. The first-order chi connectivity index (χ1) is 10.2. The maximum Gasteiger partial charge on any atom is 0.242 e. The number of rotatable bonds is 4. The van der Waals surface area contributed by atoms with E-state index in [0.29, 0.717) is 0 Å². The number of para-hydroxylation sites is 2. The number of imidazole rings is 1. The first-order valence-electron chi connectivity index (χ1n) is 6.72. The van der Waals surface area contributed by atoms with Crippen LogP contribution in [0, 0.1) is 0 Å². The third kappa shape index (κ3) is 2.52. The summed E-state index contributed by atoms with van der Waals surface area (Å²) < 4.78 is 6.68. The molecular weight excluding hydrogens is 268 g/mol. The van der Waals surface area contributed by atoms with E-state index in [1.165, 1.54) is 6.26 Å². The molecule has 0 spiro atoms. The van der Waals surface area contributed by atoms with Gasteiger partial charge in [-0.25, -0.2) is 4.98 Å². The van der Waals surface area contributed by atoms with Gasteiger partial charge in [-0.05, 0) is 19.1 Å². The first-order valence-corrected chi connectivity index (χ1v) is 6.72. The lowest BCUT2D eigenvalue weighted by Gasteiger charge is -2.23. The largest absolute Gasteiger partial charge is 0.364 e. The Kier molecular flexibility index (Phi) is 3.43. The fraction of sp³-hybridized carbons (Fsp3) is 0.267. The number of nitrogens with zero attached hydrogens (tertiary/aromatic N) is 4. The Hall–Kier alpha value is -2.63. The van der Waals surface area contributed by atoms with Crippen LogP contribution >= 0.6 is 0 Å². The fourth-order valence-corrected chi connectivity index (χ4v) is 2.25. The molecule has 0 saturated heterocycles. The van der Waals surface area contributed by atoms with Crippen molar-refractivity contribution in [2.45, 2.75) is 19.5 Å². The van der Waals surface area contributed by atoms with Crippen LogP contribution in [0.3, 0.4) is 0 Å². The van der Waals surface area contributed by atoms with E-state index in [-0.39, 0.29) is 18.5 Å². The summed E-state index contributed by atoms with van der Waals surface area (Å²) in [6.45, 7) is 2.17. The summed E-state index contributed by atoms with van der Waals surface area (Å²) in [6, 6.07) is 9.38. The maximum atomic E-state index is 12.4. The molecule has 0 N–H and O–H groups in total. The van der Waals surface area contributed by atoms with Crippen molar-refractivity contribution in [3.8, 4) is 0 Å². The molecule has 1 amide bonds. The maximum absolute atomic E-state index is 12.4. The number of hydrogen-bond acceptors (Lipinski definition) is 4. The Labute approximate surface area is 122 Å². The molecule has 2 heterocycles. The van der Waals surface area contributed by atoms with Crippen LogP contribution in [0.5, 0.6) is 0 Å². The van der Waals surface area contributed by atoms with Crippen LogP contribution in [0.2, 0.25) is 0 Å². The second-order valence-electron chi connectivity index (χ2n) is 4.97. The van der Waals surface area contributed by atoms with Crippen LogP contribution in [0.25, 0.3) is 11.0 Å². The van der Waals surface area contributed by atoms with Crippen molar-refractivity contribution in [3.63, 3.8) is 0 Å². The molecule has 0 aliphatic rings. The number of aromatic nitrogens is 3. The van der Waals surface area contributed by atoms with E-state index in [2.05, 4.69) is 10.1 Å². The predicted octanol–water partition coefficient (Wildman–Crippen LogP) is 2.24. The highest BCUT2D eigenvalue weighted by Crippen LogP contribution is 2.18. The quantitative estimate of drug-likeness (QED) is 0.737. The number of carbonyl (C=O) groups is 1. The standard InChI is InChI=1S/C15H16N4O2/c1-11(12-7-8-21-17-12)18(2)15(20)9-19-10-16-13-5-3-4-6-14(13)19/h3-8,10-11H,9H2,1-2H3. The van der Waals surface area contributed by atoms with Crippen molar-refractivity contribution in [1.82, 2.24) is 19.6 Å². The Morgan fingerprint density at radius 3 is 2.95 bits per heavy atom. The van der Waals surface area contributed by atoms with Crippen molar-refractivity contribution in [2.24, 2.45) is 0 Å². The molecule has 21 heavy (non-hydrogen) atoms. The lowest BCUT2D eigenvalue weighted by atomic mass is 10.2. The average molecular weight is 284 g/mol. The zero-order valence-corrected chi connectivity index (χ0v) is 11.9. The molecular formula is C15H16N4O2. The minimum Gasteiger partial charge on any atom is -0.364 e. The summed E-state index contributed by atoms with van der Waals surface area (Å²) in [6.07, 6.45) is 3.20. The van der Waals surface area contributed by atoms with Gasteiger partial charge < -0.3 is 14.0 Å². The number of benzene rings is 1. The van der Waals surface area contributed by atoms with Gasteiger partial charge in [-0.1, -0.05) is 17.3 Å². The van der Waals surface area contributed by atoms with Gasteiger partial charge >= 0.3 is 0 Å². The lowest BCUT2D eigenvalue weighted by Crippen LogP contribution is -2.32. The van der Waals surface area contributed by atoms with Gasteiger partial charge in [0.25, 0.3) is 0 Å². The molecule has 0 aliphatic carbocycles. The Bertz CT molecular complexity index is 748. The van der Waals surface area contributed by atoms with Gasteiger partial charge in [0.2, 0.25) is 5.91 Å². The molecule has 3 rings (SSSR count). The molecule has 6 heteroatoms. The van der Waals surface area contributed by atoms with Crippen molar-refractivity contribution >= 4 is 16.9 Å². The molecule has 2 aromatic heterocycles. The van der Waals surface area contributed by atoms with Gasteiger partial charge in [0, 0.05) is 13.1 Å². The minimum absolute atomic E-state index is 0.00588. The highest BCUT2D eigenvalue weighted by atomic mass is 16.5. The molecule has 0 aliphatic heterocycles. The monoisotopic (exact) mass is 284 g/mol. The van der Waals surface area contributed by atoms with Crippen molar-refractivity contribution in [1.29, 1.82) is 0 Å². The summed E-state index contributed by atoms with van der Waals surface area (Å²) >= 11 is 0. The average Bonchev–Trinajstić information content (AvgIpc) is 3.16. The van der Waals surface area contributed by atoms with Crippen LogP contribution in [0.1, 0.15) is 18.7 Å². The van der Waals surface area contributed by atoms with Crippen molar-refractivity contribution in [2.75, 3.05) is 7.05 Å². The van der Waals surface area contributed by atoms with E-state index in [4.69, 9.17) is 4.52 Å². The predicted molar refractivity (Wildman–Crippen MR) is 77.4 cm³/mol. The van der Waals surface area contributed by atoms with E-state index >= 15 is 0 Å². The van der Waals surface area contributed by atoms with E-state index in [1.807, 2.05) is 35.8 Å². The molecule has 3 aromatic rings. The summed E-state index contributed by atoms with van der Waals surface area (Å²) in [4.78, 5) is 18.4. The molecule has 0 fully saturated rings. The molecule has 0 saturated carbocycles. The van der Waals surface area contributed by atoms with E-state index in [9.17, 15) is 4.79 Å². The Morgan fingerprint density at radius 2 is 2.19 bits per heavy atom. The second kappa shape index (κ2) is 5.40. The highest BCUT2D eigenvalue weighted by molar-refractivity contribution is 5.80. The van der Waals surface area contributed by atoms with E-state index in [0.717, 1.165) is 16.7 Å². The molecule has 108 valence electrons. The zero-order chi connectivity index (χ0) is 14.8. The second-order valence-corrected chi connectivity index (χ2v) is 4.97. The van der Waals surface area contributed by atoms with Gasteiger partial charge in [0.05, 0.1) is 23.4 Å². The van der Waals surface area contributed by atoms with Crippen molar-refractivity contribution in [3.05, 3.63) is 48.6 Å². The van der Waals surface area contributed by atoms with Crippen LogP contribution in [0.15, 0.2) is 47.4 Å². The highest BCUT2D eigenvalue weighted by Gasteiger charge is 2.20. The Balaban J connectivity index is 1.77. The molecule has 6 nitrogen and oxygen atoms in total. The molecule has 1 atom stereocenters. The smallest absolute Gasteiger partial charge is 0.242 e. The lowest BCUT2D eigenvalue weighted by molar-refractivity contribution is -0.132. The zero-order valence-electron chi connectivity index (χ0n) is 11.9. The number of fused-ring (bicyclic) bond motifs is 1. The summed E-state index contributed by atoms with van der Waals surface area (Å²) in [5.41, 5.74) is 2.58. The van der Waals surface area contributed by atoms with Gasteiger partial charge in [-0.3, -0.25) is 4.79 Å². The van der Waals surface area contributed by atoms with Crippen LogP contribution < -0.4 is 0 Å². The molecule has 1 unspecified atom stereocenters. The van der Waals surface area contributed by atoms with Gasteiger partial charge in [0.1, 0.15) is 18.5 Å². The minimum atomic E-state index is -0.133. The third-order valence-electron chi connectivity index (χ3n) is 3.69. The number of carbonyl (C=O) groups excluding carboxylic acids is 1. The van der Waals surface area contributed by atoms with Gasteiger partial charge in [0.15, 0.2) is 0 Å². The SMILES string of the molecule is CC(c1ccon1)N(C)C(=O)Cn1cnc2ccccc21. The molecule has 0 radical (unpaired) electrons. The summed E-state index contributed by atoms with van der Waals surface area (Å²) in [7, 11) is 1.76. The number of amides is 1. The fourth-order valence-electron chi connectivity index (χ4n) is 2.25. The first kappa shape index (κ1) is 13.4. The van der Waals surface area contributed by atoms with E-state index in [1.54, 1.807) is 24.3 Å². The van der Waals surface area contributed by atoms with Gasteiger partial charge in [-0.2, -0.15) is 0 Å². The Morgan fingerprint density at radius 1 is 1.38 bits per heavy atom. The van der Waals surface area contributed by atoms with Crippen LogP contribution in [-0.4, -0.2) is 32.6 Å². The van der Waals surface area contributed by atoms with Crippen molar-refractivity contribution < 1.29 is 9.32 Å². The summed E-state index contributed by atoms with van der Waals surface area (Å²) in [5.74, 6) is -0.00588. The van der Waals surface area contributed by atoms with Gasteiger partial charge in [-0.15, -0.1) is 0 Å². The topological polar surface area (TPSA) is 64.2 Å².